The van der Waals surface area contributed by atoms with Gasteiger partial charge in [0, 0.05) is 13.2 Å². The first-order valence-corrected chi connectivity index (χ1v) is 13.5. The standard InChI is InChI=1S/C13H22N2O5Si2/c1-7-21(3,4)20-22(5,6)8-15-11(18)13(12(15)19)9(16)14(2)10(13)17/h7-8H2,1-6H3. The third-order valence-corrected chi connectivity index (χ3v) is 11.5. The van der Waals surface area contributed by atoms with Crippen molar-refractivity contribution < 1.29 is 23.3 Å². The number of imide groups is 2. The summed E-state index contributed by atoms with van der Waals surface area (Å²) in [4.78, 5) is 50.0. The number of likely N-dealkylation sites (tertiary alicyclic amines) is 2. The highest BCUT2D eigenvalue weighted by atomic mass is 28.4. The van der Waals surface area contributed by atoms with Crippen LogP contribution in [0.5, 0.6) is 0 Å². The maximum Gasteiger partial charge on any atom is 0.284 e. The molecule has 9 heteroatoms. The van der Waals surface area contributed by atoms with Gasteiger partial charge < -0.3 is 4.12 Å². The Kier molecular flexibility index (Phi) is 3.74. The van der Waals surface area contributed by atoms with E-state index in [1.165, 1.54) is 7.05 Å². The summed E-state index contributed by atoms with van der Waals surface area (Å²) in [5.41, 5.74) is -2.06. The molecule has 0 aromatic rings. The van der Waals surface area contributed by atoms with E-state index in [9.17, 15) is 19.2 Å². The molecule has 4 amide bonds. The van der Waals surface area contributed by atoms with Gasteiger partial charge in [-0.15, -0.1) is 0 Å². The summed E-state index contributed by atoms with van der Waals surface area (Å²) in [6, 6.07) is 0.941. The van der Waals surface area contributed by atoms with Gasteiger partial charge in [-0.2, -0.15) is 0 Å². The zero-order chi connectivity index (χ0) is 17.1. The molecule has 2 aliphatic heterocycles. The SMILES string of the molecule is CC[Si](C)(C)O[Si](C)(C)CN1C(=O)C2(C(=O)N(C)C2=O)C1=O. The smallest absolute Gasteiger partial charge is 0.284 e. The van der Waals surface area contributed by atoms with E-state index in [1.807, 2.05) is 13.1 Å². The van der Waals surface area contributed by atoms with Crippen molar-refractivity contribution >= 4 is 40.3 Å². The van der Waals surface area contributed by atoms with Crippen molar-refractivity contribution in [3.05, 3.63) is 0 Å². The van der Waals surface area contributed by atoms with Gasteiger partial charge in [-0.1, -0.05) is 6.92 Å². The van der Waals surface area contributed by atoms with E-state index in [-0.39, 0.29) is 6.17 Å². The number of carbonyl (C=O) groups excluding carboxylic acids is 4. The Morgan fingerprint density at radius 2 is 1.36 bits per heavy atom. The first-order chi connectivity index (χ1) is 9.90. The van der Waals surface area contributed by atoms with E-state index >= 15 is 0 Å². The number of amides is 4. The van der Waals surface area contributed by atoms with Gasteiger partial charge in [-0.3, -0.25) is 29.0 Å². The molecule has 1 spiro atoms. The van der Waals surface area contributed by atoms with Crippen LogP contribution in [0, 0.1) is 5.41 Å². The van der Waals surface area contributed by atoms with Gasteiger partial charge in [0.05, 0.1) is 0 Å². The number of carbonyl (C=O) groups is 4. The molecular formula is C13H22N2O5Si2. The Hall–Kier alpha value is -1.33. The van der Waals surface area contributed by atoms with Gasteiger partial charge >= 0.3 is 0 Å². The fraction of sp³-hybridized carbons (Fsp3) is 0.692. The number of β-lactam (4-membered cyclic amide) rings is 4. The highest BCUT2D eigenvalue weighted by Crippen LogP contribution is 2.44. The Labute approximate surface area is 131 Å². The van der Waals surface area contributed by atoms with E-state index in [0.717, 1.165) is 15.8 Å². The summed E-state index contributed by atoms with van der Waals surface area (Å²) in [5, 5.41) is 0. The molecule has 122 valence electrons. The molecule has 0 aromatic heterocycles. The number of hydrogen-bond donors (Lipinski definition) is 0. The summed E-state index contributed by atoms with van der Waals surface area (Å²) in [5.74, 6) is -2.81. The fourth-order valence-electron chi connectivity index (χ4n) is 2.91. The monoisotopic (exact) mass is 342 g/mol. The lowest BCUT2D eigenvalue weighted by molar-refractivity contribution is -0.197. The Balaban J connectivity index is 2.11. The Morgan fingerprint density at radius 1 is 0.909 bits per heavy atom. The minimum Gasteiger partial charge on any atom is -0.454 e. The second kappa shape index (κ2) is 4.83. The average molecular weight is 343 g/mol. The first kappa shape index (κ1) is 17.0. The number of hydrogen-bond acceptors (Lipinski definition) is 5. The first-order valence-electron chi connectivity index (χ1n) is 7.30. The lowest BCUT2D eigenvalue weighted by Crippen LogP contribution is -2.84. The van der Waals surface area contributed by atoms with Gasteiger partial charge in [0.15, 0.2) is 16.6 Å². The van der Waals surface area contributed by atoms with Crippen molar-refractivity contribution in [1.29, 1.82) is 0 Å². The van der Waals surface area contributed by atoms with Crippen LogP contribution in [0.1, 0.15) is 6.92 Å². The lowest BCUT2D eigenvalue weighted by atomic mass is 9.69. The molecule has 0 unspecified atom stereocenters. The second-order valence-corrected chi connectivity index (χ2v) is 16.0. The molecule has 0 bridgehead atoms. The van der Waals surface area contributed by atoms with E-state index < -0.39 is 45.7 Å². The molecule has 2 heterocycles. The molecule has 2 saturated heterocycles. The van der Waals surface area contributed by atoms with Gasteiger partial charge in [0.2, 0.25) is 0 Å². The second-order valence-electron chi connectivity index (χ2n) is 7.09. The predicted octanol–water partition coefficient (Wildman–Crippen LogP) is 0.326. The van der Waals surface area contributed by atoms with E-state index in [1.54, 1.807) is 0 Å². The summed E-state index contributed by atoms with van der Waals surface area (Å²) in [7, 11) is -2.81. The molecule has 2 fully saturated rings. The van der Waals surface area contributed by atoms with Gasteiger partial charge in [0.25, 0.3) is 29.0 Å². The van der Waals surface area contributed by atoms with Gasteiger partial charge in [0.1, 0.15) is 0 Å². The van der Waals surface area contributed by atoms with Crippen LogP contribution >= 0.6 is 0 Å². The normalized spacial score (nSPS) is 21.4. The van der Waals surface area contributed by atoms with Crippen molar-refractivity contribution in [1.82, 2.24) is 9.80 Å². The van der Waals surface area contributed by atoms with Crippen LogP contribution in [0.25, 0.3) is 0 Å². The molecular weight excluding hydrogens is 320 g/mol. The molecule has 0 aromatic carbocycles. The van der Waals surface area contributed by atoms with Crippen molar-refractivity contribution in [3.8, 4) is 0 Å². The molecule has 2 aliphatic rings. The van der Waals surface area contributed by atoms with Crippen LogP contribution < -0.4 is 0 Å². The van der Waals surface area contributed by atoms with Crippen molar-refractivity contribution in [2.75, 3.05) is 13.2 Å². The molecule has 2 rings (SSSR count). The zero-order valence-corrected chi connectivity index (χ0v) is 15.8. The third-order valence-electron chi connectivity index (χ3n) is 4.33. The summed E-state index contributed by atoms with van der Waals surface area (Å²) >= 11 is 0. The number of nitrogens with zero attached hydrogens (tertiary/aromatic N) is 2. The molecule has 22 heavy (non-hydrogen) atoms. The minimum absolute atomic E-state index is 0.188. The Morgan fingerprint density at radius 3 is 1.77 bits per heavy atom. The fourth-order valence-corrected chi connectivity index (χ4v) is 10.8. The molecule has 0 radical (unpaired) electrons. The van der Waals surface area contributed by atoms with Crippen LogP contribution in [-0.4, -0.2) is 63.3 Å². The van der Waals surface area contributed by atoms with Gasteiger partial charge in [-0.05, 0) is 32.2 Å². The summed E-state index contributed by atoms with van der Waals surface area (Å²) in [6.07, 6.45) is 0.188. The largest absolute Gasteiger partial charge is 0.454 e. The lowest BCUT2D eigenvalue weighted by Gasteiger charge is -2.52. The van der Waals surface area contributed by atoms with Crippen molar-refractivity contribution in [2.45, 2.75) is 39.2 Å². The highest BCUT2D eigenvalue weighted by Gasteiger charge is 2.79. The van der Waals surface area contributed by atoms with Crippen LogP contribution in [0.4, 0.5) is 0 Å². The maximum atomic E-state index is 12.3. The average Bonchev–Trinajstić information content (AvgIpc) is 2.43. The predicted molar refractivity (Wildman–Crippen MR) is 83.5 cm³/mol. The highest BCUT2D eigenvalue weighted by molar-refractivity contribution is 6.85. The summed E-state index contributed by atoms with van der Waals surface area (Å²) < 4.78 is 6.22. The molecule has 0 N–H and O–H groups in total. The van der Waals surface area contributed by atoms with Crippen LogP contribution in [0.3, 0.4) is 0 Å². The molecule has 7 nitrogen and oxygen atoms in total. The zero-order valence-electron chi connectivity index (χ0n) is 13.8. The molecule has 0 saturated carbocycles. The van der Waals surface area contributed by atoms with Crippen LogP contribution in [0.15, 0.2) is 0 Å². The summed E-state index contributed by atoms with van der Waals surface area (Å²) in [6.45, 7) is 10.1. The Bertz CT molecular complexity index is 553. The van der Waals surface area contributed by atoms with Crippen LogP contribution in [0.2, 0.25) is 32.2 Å². The molecule has 0 atom stereocenters. The van der Waals surface area contributed by atoms with Crippen molar-refractivity contribution in [2.24, 2.45) is 5.41 Å². The van der Waals surface area contributed by atoms with Crippen molar-refractivity contribution in [3.63, 3.8) is 0 Å². The van der Waals surface area contributed by atoms with Gasteiger partial charge in [-0.25, -0.2) is 0 Å². The quantitative estimate of drug-likeness (QED) is 0.408. The van der Waals surface area contributed by atoms with E-state index in [2.05, 4.69) is 20.0 Å². The maximum absolute atomic E-state index is 12.3. The molecule has 0 aliphatic carbocycles. The topological polar surface area (TPSA) is 84.0 Å². The number of rotatable bonds is 5. The van der Waals surface area contributed by atoms with E-state index in [0.29, 0.717) is 0 Å². The van der Waals surface area contributed by atoms with Crippen LogP contribution in [-0.2, 0) is 23.3 Å². The minimum atomic E-state index is -2.28. The third kappa shape index (κ3) is 2.10. The van der Waals surface area contributed by atoms with E-state index in [4.69, 9.17) is 4.12 Å².